The summed E-state index contributed by atoms with van der Waals surface area (Å²) in [7, 11) is 0. The lowest BCUT2D eigenvalue weighted by molar-refractivity contribution is -0.123. The van der Waals surface area contributed by atoms with Gasteiger partial charge in [0.2, 0.25) is 5.91 Å². The van der Waals surface area contributed by atoms with Gasteiger partial charge in [-0.05, 0) is 42.0 Å². The number of carbonyl (C=O) groups is 2. The van der Waals surface area contributed by atoms with Crippen LogP contribution in [0.1, 0.15) is 5.56 Å². The average Bonchev–Trinajstić information content (AvgIpc) is 2.76. The van der Waals surface area contributed by atoms with Gasteiger partial charge < -0.3 is 14.8 Å². The standard InChI is InChI=1S/C22H19N3O4/c26-20(13-25-21(27)15-29-19-7-4-12-23-22(19)25)24-17-8-10-18(11-9-17)28-14-16-5-2-1-3-6-16/h1-12H,13-15H2,(H,24,26). The van der Waals surface area contributed by atoms with Gasteiger partial charge in [-0.3, -0.25) is 14.5 Å². The Balaban J connectivity index is 1.35. The van der Waals surface area contributed by atoms with Crippen LogP contribution in [0, 0.1) is 0 Å². The highest BCUT2D eigenvalue weighted by atomic mass is 16.5. The van der Waals surface area contributed by atoms with E-state index in [-0.39, 0.29) is 25.0 Å². The van der Waals surface area contributed by atoms with Crippen molar-refractivity contribution in [1.29, 1.82) is 0 Å². The highest BCUT2D eigenvalue weighted by Gasteiger charge is 2.28. The molecule has 2 amide bonds. The predicted octanol–water partition coefficient (Wildman–Crippen LogP) is 3.02. The smallest absolute Gasteiger partial charge is 0.266 e. The molecule has 0 bridgehead atoms. The minimum absolute atomic E-state index is 0.112. The minimum Gasteiger partial charge on any atom is -0.489 e. The van der Waals surface area contributed by atoms with Gasteiger partial charge >= 0.3 is 0 Å². The summed E-state index contributed by atoms with van der Waals surface area (Å²) in [6.07, 6.45) is 1.56. The van der Waals surface area contributed by atoms with Crippen molar-refractivity contribution >= 4 is 23.3 Å². The number of amides is 2. The minimum atomic E-state index is -0.324. The van der Waals surface area contributed by atoms with Crippen LogP contribution in [0.3, 0.4) is 0 Å². The quantitative estimate of drug-likeness (QED) is 0.701. The maximum Gasteiger partial charge on any atom is 0.266 e. The van der Waals surface area contributed by atoms with Crippen molar-refractivity contribution in [2.45, 2.75) is 6.61 Å². The van der Waals surface area contributed by atoms with Crippen molar-refractivity contribution in [1.82, 2.24) is 4.98 Å². The number of fused-ring (bicyclic) bond motifs is 1. The molecule has 0 atom stereocenters. The van der Waals surface area contributed by atoms with Crippen LogP contribution in [0.5, 0.6) is 11.5 Å². The van der Waals surface area contributed by atoms with Crippen molar-refractivity contribution in [2.24, 2.45) is 0 Å². The molecule has 3 aromatic rings. The lowest BCUT2D eigenvalue weighted by atomic mass is 10.2. The fraction of sp³-hybridized carbons (Fsp3) is 0.136. The zero-order valence-corrected chi connectivity index (χ0v) is 15.6. The van der Waals surface area contributed by atoms with Crippen molar-refractivity contribution < 1.29 is 19.1 Å². The SMILES string of the molecule is O=C(CN1C(=O)COc2cccnc21)Nc1ccc(OCc2ccccc2)cc1. The molecule has 0 saturated carbocycles. The Morgan fingerprint density at radius 2 is 1.86 bits per heavy atom. The van der Waals surface area contributed by atoms with Crippen LogP contribution in [-0.4, -0.2) is 29.9 Å². The molecule has 2 aromatic carbocycles. The molecular weight excluding hydrogens is 370 g/mol. The fourth-order valence-corrected chi connectivity index (χ4v) is 2.92. The summed E-state index contributed by atoms with van der Waals surface area (Å²) in [5.41, 5.74) is 1.69. The topological polar surface area (TPSA) is 80.8 Å². The van der Waals surface area contributed by atoms with Crippen LogP contribution < -0.4 is 19.7 Å². The van der Waals surface area contributed by atoms with Crippen LogP contribution in [-0.2, 0) is 16.2 Å². The first-order valence-corrected chi connectivity index (χ1v) is 9.14. The van der Waals surface area contributed by atoms with E-state index in [9.17, 15) is 9.59 Å². The number of hydrogen-bond acceptors (Lipinski definition) is 5. The molecule has 0 spiro atoms. The van der Waals surface area contributed by atoms with E-state index in [1.165, 1.54) is 4.90 Å². The van der Waals surface area contributed by atoms with Gasteiger partial charge in [-0.25, -0.2) is 4.98 Å². The molecule has 4 rings (SSSR count). The van der Waals surface area contributed by atoms with Crippen molar-refractivity contribution in [3.63, 3.8) is 0 Å². The lowest BCUT2D eigenvalue weighted by Gasteiger charge is -2.27. The molecule has 1 aliphatic rings. The number of ether oxygens (including phenoxy) is 2. The van der Waals surface area contributed by atoms with Crippen molar-refractivity contribution in [3.05, 3.63) is 78.5 Å². The van der Waals surface area contributed by atoms with E-state index in [0.717, 1.165) is 5.56 Å². The van der Waals surface area contributed by atoms with E-state index in [1.807, 2.05) is 30.3 Å². The van der Waals surface area contributed by atoms with E-state index in [0.29, 0.717) is 29.6 Å². The van der Waals surface area contributed by atoms with Crippen LogP contribution >= 0.6 is 0 Å². The van der Waals surface area contributed by atoms with Gasteiger partial charge in [-0.1, -0.05) is 30.3 Å². The Bertz CT molecular complexity index is 1010. The first-order valence-electron chi connectivity index (χ1n) is 9.14. The third-order valence-electron chi connectivity index (χ3n) is 4.35. The number of hydrogen-bond donors (Lipinski definition) is 1. The Kier molecular flexibility index (Phi) is 5.38. The lowest BCUT2D eigenvalue weighted by Crippen LogP contribution is -2.43. The molecule has 0 fully saturated rings. The zero-order valence-electron chi connectivity index (χ0n) is 15.6. The van der Waals surface area contributed by atoms with Gasteiger partial charge in [-0.2, -0.15) is 0 Å². The average molecular weight is 389 g/mol. The number of nitrogens with one attached hydrogen (secondary N) is 1. The van der Waals surface area contributed by atoms with Gasteiger partial charge in [0.25, 0.3) is 5.91 Å². The third-order valence-corrected chi connectivity index (χ3v) is 4.35. The maximum atomic E-state index is 12.4. The second-order valence-corrected chi connectivity index (χ2v) is 6.44. The highest BCUT2D eigenvalue weighted by Crippen LogP contribution is 2.28. The summed E-state index contributed by atoms with van der Waals surface area (Å²) < 4.78 is 11.1. The van der Waals surface area contributed by atoms with Gasteiger partial charge in [0, 0.05) is 11.9 Å². The zero-order chi connectivity index (χ0) is 20.1. The predicted molar refractivity (Wildman–Crippen MR) is 108 cm³/mol. The number of anilines is 2. The summed E-state index contributed by atoms with van der Waals surface area (Å²) in [5.74, 6) is 0.905. The third kappa shape index (κ3) is 4.52. The molecule has 7 nitrogen and oxygen atoms in total. The molecule has 0 radical (unpaired) electrons. The number of rotatable bonds is 6. The van der Waals surface area contributed by atoms with Crippen molar-refractivity contribution in [3.8, 4) is 11.5 Å². The number of nitrogens with zero attached hydrogens (tertiary/aromatic N) is 2. The summed E-state index contributed by atoms with van der Waals surface area (Å²) in [4.78, 5) is 30.0. The Labute approximate surface area is 167 Å². The molecular formula is C22H19N3O4. The molecule has 29 heavy (non-hydrogen) atoms. The van der Waals surface area contributed by atoms with Crippen LogP contribution in [0.25, 0.3) is 0 Å². The van der Waals surface area contributed by atoms with E-state index in [2.05, 4.69) is 10.3 Å². The van der Waals surface area contributed by atoms with Gasteiger partial charge in [-0.15, -0.1) is 0 Å². The first-order chi connectivity index (χ1) is 14.2. The molecule has 1 aromatic heterocycles. The Morgan fingerprint density at radius 1 is 1.07 bits per heavy atom. The Hall–Kier alpha value is -3.87. The van der Waals surface area contributed by atoms with Crippen LogP contribution in [0.2, 0.25) is 0 Å². The normalized spacial score (nSPS) is 12.7. The highest BCUT2D eigenvalue weighted by molar-refractivity contribution is 6.04. The molecule has 1 aliphatic heterocycles. The molecule has 146 valence electrons. The summed E-state index contributed by atoms with van der Waals surface area (Å²) in [6, 6.07) is 20.4. The van der Waals surface area contributed by atoms with Crippen LogP contribution in [0.15, 0.2) is 72.9 Å². The molecule has 0 saturated heterocycles. The van der Waals surface area contributed by atoms with E-state index in [4.69, 9.17) is 9.47 Å². The number of benzene rings is 2. The summed E-state index contributed by atoms with van der Waals surface area (Å²) in [6.45, 7) is 0.218. The molecule has 1 N–H and O–H groups in total. The Morgan fingerprint density at radius 3 is 2.66 bits per heavy atom. The van der Waals surface area contributed by atoms with Crippen molar-refractivity contribution in [2.75, 3.05) is 23.4 Å². The summed E-state index contributed by atoms with van der Waals surface area (Å²) in [5, 5.41) is 2.78. The van der Waals surface area contributed by atoms with Gasteiger partial charge in [0.1, 0.15) is 18.9 Å². The second-order valence-electron chi connectivity index (χ2n) is 6.44. The van der Waals surface area contributed by atoms with Gasteiger partial charge in [0.05, 0.1) is 0 Å². The molecule has 2 heterocycles. The molecule has 7 heteroatoms. The van der Waals surface area contributed by atoms with Crippen LogP contribution in [0.4, 0.5) is 11.5 Å². The van der Waals surface area contributed by atoms with E-state index < -0.39 is 0 Å². The first kappa shape index (κ1) is 18.5. The van der Waals surface area contributed by atoms with Gasteiger partial charge in [0.15, 0.2) is 18.2 Å². The molecule has 0 aliphatic carbocycles. The number of pyridine rings is 1. The molecule has 0 unspecified atom stereocenters. The largest absolute Gasteiger partial charge is 0.489 e. The summed E-state index contributed by atoms with van der Waals surface area (Å²) >= 11 is 0. The van der Waals surface area contributed by atoms with E-state index in [1.54, 1.807) is 42.6 Å². The number of carbonyl (C=O) groups excluding carboxylic acids is 2. The number of aromatic nitrogens is 1. The second kappa shape index (κ2) is 8.43. The maximum absolute atomic E-state index is 12.4. The fourth-order valence-electron chi connectivity index (χ4n) is 2.92. The van der Waals surface area contributed by atoms with E-state index >= 15 is 0 Å². The monoisotopic (exact) mass is 389 g/mol.